The molecule has 2 aliphatic rings. The number of likely N-dealkylation sites (tertiary alicyclic amines) is 1. The Morgan fingerprint density at radius 2 is 2.20 bits per heavy atom. The van der Waals surface area contributed by atoms with E-state index in [1.54, 1.807) is 25.3 Å². The molecular formula is C22H28N4O4. The van der Waals surface area contributed by atoms with Crippen LogP contribution in [0.25, 0.3) is 0 Å². The average Bonchev–Trinajstić information content (AvgIpc) is 3.57. The number of pyridine rings is 2. The van der Waals surface area contributed by atoms with Crippen molar-refractivity contribution in [1.29, 1.82) is 0 Å². The quantitative estimate of drug-likeness (QED) is 0.629. The van der Waals surface area contributed by atoms with Crippen LogP contribution in [0.3, 0.4) is 0 Å². The minimum Gasteiger partial charge on any atom is -0.492 e. The molecule has 8 heteroatoms. The number of carbonyl (C=O) groups is 1. The molecule has 2 fully saturated rings. The number of hydrogen-bond donors (Lipinski definition) is 3. The molecule has 1 saturated carbocycles. The highest BCUT2D eigenvalue weighted by Gasteiger charge is 2.47. The Morgan fingerprint density at radius 1 is 1.40 bits per heavy atom. The van der Waals surface area contributed by atoms with Gasteiger partial charge in [-0.15, -0.1) is 0 Å². The van der Waals surface area contributed by atoms with Gasteiger partial charge in [0.25, 0.3) is 0 Å². The second-order valence-corrected chi connectivity index (χ2v) is 8.57. The van der Waals surface area contributed by atoms with Gasteiger partial charge in [0.15, 0.2) is 0 Å². The van der Waals surface area contributed by atoms with Crippen LogP contribution in [0.1, 0.15) is 43.9 Å². The molecule has 0 spiro atoms. The van der Waals surface area contributed by atoms with E-state index in [4.69, 9.17) is 10.5 Å². The zero-order valence-corrected chi connectivity index (χ0v) is 17.1. The van der Waals surface area contributed by atoms with E-state index in [-0.39, 0.29) is 12.1 Å². The van der Waals surface area contributed by atoms with Gasteiger partial charge in [-0.1, -0.05) is 0 Å². The van der Waals surface area contributed by atoms with Crippen molar-refractivity contribution in [2.75, 3.05) is 19.7 Å². The molecule has 4 rings (SSSR count). The smallest absolute Gasteiger partial charge is 0.247 e. The molecule has 2 aromatic rings. The van der Waals surface area contributed by atoms with Crippen molar-refractivity contribution in [1.82, 2.24) is 14.9 Å². The highest BCUT2D eigenvalue weighted by atomic mass is 16.5. The van der Waals surface area contributed by atoms with Gasteiger partial charge >= 0.3 is 0 Å². The van der Waals surface area contributed by atoms with Crippen molar-refractivity contribution in [2.24, 2.45) is 11.7 Å². The fourth-order valence-electron chi connectivity index (χ4n) is 4.05. The third-order valence-corrected chi connectivity index (χ3v) is 6.32. The second kappa shape index (κ2) is 7.85. The standard InChI is InChI=1S/C22H28N4O4/c1-21(20(23)28,18-7-6-17(12-24-18)30-13-15-3-4-15)26-10-2-9-22(29,14-26)16-5-8-19(27)25-11-16/h5-8,11-12,15,29H,2-4,9-10,13-14H2,1H3,(H2,23,28)(H,25,27)/t21?,22-/m0/s1. The van der Waals surface area contributed by atoms with E-state index in [2.05, 4.69) is 9.97 Å². The molecule has 2 atom stereocenters. The number of nitrogens with two attached hydrogens (primary N) is 1. The Kier molecular flexibility index (Phi) is 5.38. The number of amides is 1. The third-order valence-electron chi connectivity index (χ3n) is 6.32. The Bertz CT molecular complexity index is 951. The van der Waals surface area contributed by atoms with Crippen molar-refractivity contribution < 1.29 is 14.6 Å². The molecule has 8 nitrogen and oxygen atoms in total. The molecule has 1 unspecified atom stereocenters. The number of rotatable bonds is 7. The monoisotopic (exact) mass is 412 g/mol. The lowest BCUT2D eigenvalue weighted by Gasteiger charge is -2.46. The van der Waals surface area contributed by atoms with Crippen LogP contribution >= 0.6 is 0 Å². The van der Waals surface area contributed by atoms with E-state index in [0.29, 0.717) is 48.9 Å². The van der Waals surface area contributed by atoms with Gasteiger partial charge in [0.1, 0.15) is 16.9 Å². The average molecular weight is 412 g/mol. The Morgan fingerprint density at radius 3 is 2.80 bits per heavy atom. The number of aromatic nitrogens is 2. The number of piperidine rings is 1. The minimum absolute atomic E-state index is 0.195. The lowest BCUT2D eigenvalue weighted by atomic mass is 9.82. The first-order valence-corrected chi connectivity index (χ1v) is 10.4. The van der Waals surface area contributed by atoms with Crippen LogP contribution in [0.2, 0.25) is 0 Å². The zero-order valence-electron chi connectivity index (χ0n) is 17.1. The molecule has 2 aromatic heterocycles. The number of carbonyl (C=O) groups excluding carboxylic acids is 1. The van der Waals surface area contributed by atoms with Gasteiger partial charge in [-0.25, -0.2) is 0 Å². The molecule has 1 aliphatic heterocycles. The summed E-state index contributed by atoms with van der Waals surface area (Å²) in [5.41, 5.74) is 4.34. The first-order chi connectivity index (χ1) is 14.3. The summed E-state index contributed by atoms with van der Waals surface area (Å²) >= 11 is 0. The summed E-state index contributed by atoms with van der Waals surface area (Å²) in [4.78, 5) is 33.0. The van der Waals surface area contributed by atoms with E-state index < -0.39 is 17.0 Å². The molecule has 4 N–H and O–H groups in total. The van der Waals surface area contributed by atoms with Crippen molar-refractivity contribution in [3.8, 4) is 5.75 Å². The normalized spacial score (nSPS) is 24.2. The molecular weight excluding hydrogens is 384 g/mol. The van der Waals surface area contributed by atoms with Gasteiger partial charge < -0.3 is 20.6 Å². The van der Waals surface area contributed by atoms with Gasteiger partial charge in [-0.3, -0.25) is 19.5 Å². The first-order valence-electron chi connectivity index (χ1n) is 10.4. The molecule has 3 heterocycles. The van der Waals surface area contributed by atoms with Crippen molar-refractivity contribution in [2.45, 2.75) is 43.7 Å². The van der Waals surface area contributed by atoms with E-state index in [9.17, 15) is 14.7 Å². The van der Waals surface area contributed by atoms with Crippen LogP contribution in [0, 0.1) is 5.92 Å². The molecule has 1 amide bonds. The number of β-amino-alcohol motifs (C(OH)–C–C–N with tert-alkyl or cyclic N) is 1. The third kappa shape index (κ3) is 3.97. The lowest BCUT2D eigenvalue weighted by molar-refractivity contribution is -0.137. The van der Waals surface area contributed by atoms with Crippen LogP contribution < -0.4 is 16.0 Å². The predicted molar refractivity (Wildman–Crippen MR) is 111 cm³/mol. The number of aromatic amines is 1. The van der Waals surface area contributed by atoms with Crippen molar-refractivity contribution in [3.05, 3.63) is 58.3 Å². The van der Waals surface area contributed by atoms with Gasteiger partial charge in [-0.05, 0) is 63.3 Å². The fraction of sp³-hybridized carbons (Fsp3) is 0.500. The summed E-state index contributed by atoms with van der Waals surface area (Å²) in [6.45, 7) is 3.21. The number of nitrogens with zero attached hydrogens (tertiary/aromatic N) is 2. The van der Waals surface area contributed by atoms with Gasteiger partial charge in [0.05, 0.1) is 18.5 Å². The Labute approximate surface area is 175 Å². The molecule has 30 heavy (non-hydrogen) atoms. The highest BCUT2D eigenvalue weighted by Crippen LogP contribution is 2.38. The molecule has 160 valence electrons. The van der Waals surface area contributed by atoms with Gasteiger partial charge in [0.2, 0.25) is 11.5 Å². The molecule has 0 bridgehead atoms. The largest absolute Gasteiger partial charge is 0.492 e. The first kappa shape index (κ1) is 20.6. The minimum atomic E-state index is -1.20. The summed E-state index contributed by atoms with van der Waals surface area (Å²) in [7, 11) is 0. The highest BCUT2D eigenvalue weighted by molar-refractivity contribution is 5.85. The van der Waals surface area contributed by atoms with Crippen molar-refractivity contribution >= 4 is 5.91 Å². The van der Waals surface area contributed by atoms with Gasteiger partial charge in [-0.2, -0.15) is 0 Å². The van der Waals surface area contributed by atoms with E-state index in [0.717, 1.165) is 0 Å². The maximum Gasteiger partial charge on any atom is 0.247 e. The number of aliphatic hydroxyl groups is 1. The second-order valence-electron chi connectivity index (χ2n) is 8.57. The topological polar surface area (TPSA) is 122 Å². The SMILES string of the molecule is CC(C(N)=O)(c1ccc(OCC2CC2)cn1)N1CCC[C@@](O)(c2ccc(=O)[nH]c2)C1. The summed E-state index contributed by atoms with van der Waals surface area (Å²) in [6.07, 6.45) is 6.75. The Hall–Kier alpha value is -2.71. The van der Waals surface area contributed by atoms with Crippen LogP contribution in [-0.4, -0.2) is 45.6 Å². The van der Waals surface area contributed by atoms with Crippen LogP contribution in [0.5, 0.6) is 5.75 Å². The number of H-pyrrole nitrogens is 1. The predicted octanol–water partition coefficient (Wildman–Crippen LogP) is 1.24. The Balaban J connectivity index is 1.58. The lowest BCUT2D eigenvalue weighted by Crippen LogP contribution is -2.59. The summed E-state index contributed by atoms with van der Waals surface area (Å²) in [5.74, 6) is 0.771. The zero-order chi connectivity index (χ0) is 21.4. The number of nitrogens with one attached hydrogen (secondary N) is 1. The molecule has 0 aromatic carbocycles. The van der Waals surface area contributed by atoms with E-state index >= 15 is 0 Å². The van der Waals surface area contributed by atoms with E-state index in [1.165, 1.54) is 25.1 Å². The van der Waals surface area contributed by atoms with E-state index in [1.807, 2.05) is 11.0 Å². The molecule has 1 saturated heterocycles. The van der Waals surface area contributed by atoms with Gasteiger partial charge in [0, 0.05) is 24.4 Å². The molecule has 0 radical (unpaired) electrons. The summed E-state index contributed by atoms with van der Waals surface area (Å²) < 4.78 is 5.74. The summed E-state index contributed by atoms with van der Waals surface area (Å²) in [6, 6.07) is 6.58. The summed E-state index contributed by atoms with van der Waals surface area (Å²) in [5, 5.41) is 11.3. The van der Waals surface area contributed by atoms with Crippen LogP contribution in [-0.2, 0) is 15.9 Å². The fourth-order valence-corrected chi connectivity index (χ4v) is 4.05. The number of hydrogen-bond acceptors (Lipinski definition) is 6. The maximum atomic E-state index is 12.6. The number of primary amides is 1. The van der Waals surface area contributed by atoms with Crippen molar-refractivity contribution in [3.63, 3.8) is 0 Å². The molecule has 1 aliphatic carbocycles. The number of ether oxygens (including phenoxy) is 1. The maximum absolute atomic E-state index is 12.6. The van der Waals surface area contributed by atoms with Crippen LogP contribution in [0.15, 0.2) is 41.5 Å². The van der Waals surface area contributed by atoms with Crippen LogP contribution in [0.4, 0.5) is 0 Å².